The Bertz CT molecular complexity index is 1510. The van der Waals surface area contributed by atoms with Crippen molar-refractivity contribution >= 4 is 39.1 Å². The lowest BCUT2D eigenvalue weighted by Crippen LogP contribution is -2.54. The fourth-order valence-corrected chi connectivity index (χ4v) is 7.09. The number of amides is 2. The Hall–Kier alpha value is -3.56. The Labute approximate surface area is 266 Å². The second-order valence-corrected chi connectivity index (χ2v) is 13.4. The predicted molar refractivity (Wildman–Crippen MR) is 174 cm³/mol. The van der Waals surface area contributed by atoms with Gasteiger partial charge in [-0.1, -0.05) is 79.7 Å². The molecule has 0 unspecified atom stereocenters. The third-order valence-corrected chi connectivity index (χ3v) is 9.95. The Balaban J connectivity index is 1.74. The van der Waals surface area contributed by atoms with Gasteiger partial charge in [0.2, 0.25) is 11.8 Å². The van der Waals surface area contributed by atoms with Crippen LogP contribution in [0.2, 0.25) is 5.02 Å². The van der Waals surface area contributed by atoms with E-state index < -0.39 is 28.5 Å². The zero-order valence-corrected chi connectivity index (χ0v) is 27.2. The summed E-state index contributed by atoms with van der Waals surface area (Å²) in [6.07, 6.45) is 5.47. The van der Waals surface area contributed by atoms with Gasteiger partial charge in [0.15, 0.2) is 0 Å². The maximum atomic E-state index is 14.4. The highest BCUT2D eigenvalue weighted by Gasteiger charge is 2.35. The molecule has 1 fully saturated rings. The van der Waals surface area contributed by atoms with Crippen LogP contribution in [0.4, 0.5) is 5.69 Å². The molecule has 4 rings (SSSR count). The number of benzene rings is 3. The molecule has 44 heavy (non-hydrogen) atoms. The summed E-state index contributed by atoms with van der Waals surface area (Å²) in [4.78, 5) is 29.6. The van der Waals surface area contributed by atoms with Crippen LogP contribution in [-0.4, -0.2) is 50.4 Å². The number of sulfonamides is 1. The third-order valence-electron chi connectivity index (χ3n) is 7.93. The zero-order valence-electron chi connectivity index (χ0n) is 25.7. The van der Waals surface area contributed by atoms with Crippen molar-refractivity contribution in [2.24, 2.45) is 0 Å². The number of ether oxygens (including phenoxy) is 1. The smallest absolute Gasteiger partial charge is 0.264 e. The van der Waals surface area contributed by atoms with Gasteiger partial charge in [0, 0.05) is 17.6 Å². The molecule has 236 valence electrons. The number of anilines is 1. The molecule has 10 heteroatoms. The highest BCUT2D eigenvalue weighted by molar-refractivity contribution is 7.92. The molecule has 1 saturated carbocycles. The van der Waals surface area contributed by atoms with E-state index in [-0.39, 0.29) is 29.1 Å². The molecule has 3 aromatic rings. The number of halogens is 1. The summed E-state index contributed by atoms with van der Waals surface area (Å²) in [5.74, 6) is -0.394. The number of nitrogens with one attached hydrogen (secondary N) is 1. The molecule has 0 bridgehead atoms. The molecule has 1 atom stereocenters. The van der Waals surface area contributed by atoms with E-state index in [2.05, 4.69) is 5.32 Å². The van der Waals surface area contributed by atoms with Gasteiger partial charge in [-0.25, -0.2) is 8.42 Å². The molecule has 0 heterocycles. The first kappa shape index (κ1) is 33.3. The van der Waals surface area contributed by atoms with E-state index in [0.29, 0.717) is 23.8 Å². The van der Waals surface area contributed by atoms with E-state index in [9.17, 15) is 18.0 Å². The minimum absolute atomic E-state index is 0.0202. The summed E-state index contributed by atoms with van der Waals surface area (Å²) in [6.45, 7) is 5.58. The number of hydrogen-bond donors (Lipinski definition) is 1. The zero-order chi connectivity index (χ0) is 31.7. The number of carbonyl (C=O) groups is 2. The number of hydrogen-bond acceptors (Lipinski definition) is 5. The molecule has 0 saturated heterocycles. The number of aryl methyl sites for hydroxylation is 1. The van der Waals surface area contributed by atoms with Crippen molar-refractivity contribution in [3.05, 3.63) is 88.9 Å². The molecule has 8 nitrogen and oxygen atoms in total. The number of rotatable bonds is 13. The molecule has 1 aliphatic carbocycles. The summed E-state index contributed by atoms with van der Waals surface area (Å²) in [5, 5.41) is 3.56. The van der Waals surface area contributed by atoms with Gasteiger partial charge in [-0.05, 0) is 75.1 Å². The topological polar surface area (TPSA) is 96.0 Å². The first-order chi connectivity index (χ1) is 21.1. The average Bonchev–Trinajstić information content (AvgIpc) is 3.02. The van der Waals surface area contributed by atoms with Crippen molar-refractivity contribution in [2.45, 2.75) is 82.8 Å². The van der Waals surface area contributed by atoms with Gasteiger partial charge >= 0.3 is 0 Å². The van der Waals surface area contributed by atoms with E-state index in [0.717, 1.165) is 47.5 Å². The van der Waals surface area contributed by atoms with Crippen LogP contribution in [0.3, 0.4) is 0 Å². The summed E-state index contributed by atoms with van der Waals surface area (Å²) in [5.41, 5.74) is 2.14. The standard InChI is InChI=1S/C34H42ClN3O5S/c1-4-30(34(40)36-28-11-7-6-8-12-28)37(23-26-17-15-25(3)16-18-26)33(39)24-38(31-13-9-10-14-32(31)43-5-2)44(41,42)29-21-19-27(35)20-22-29/h9-10,13-22,28,30H,4-8,11-12,23-24H2,1-3H3,(H,36,40)/t30-/m0/s1. The Kier molecular flexibility index (Phi) is 11.7. The van der Waals surface area contributed by atoms with E-state index in [1.165, 1.54) is 29.2 Å². The van der Waals surface area contributed by atoms with Crippen LogP contribution in [0.1, 0.15) is 63.5 Å². The molecule has 0 aromatic heterocycles. The van der Waals surface area contributed by atoms with Crippen molar-refractivity contribution in [1.82, 2.24) is 10.2 Å². The second-order valence-electron chi connectivity index (χ2n) is 11.1. The Morgan fingerprint density at radius 2 is 1.61 bits per heavy atom. The van der Waals surface area contributed by atoms with Crippen LogP contribution >= 0.6 is 11.6 Å². The van der Waals surface area contributed by atoms with Crippen LogP contribution in [0.25, 0.3) is 0 Å². The number of carbonyl (C=O) groups excluding carboxylic acids is 2. The van der Waals surface area contributed by atoms with E-state index in [4.69, 9.17) is 16.3 Å². The van der Waals surface area contributed by atoms with Crippen LogP contribution in [-0.2, 0) is 26.2 Å². The predicted octanol–water partition coefficient (Wildman–Crippen LogP) is 6.50. The fraction of sp³-hybridized carbons (Fsp3) is 0.412. The maximum Gasteiger partial charge on any atom is 0.264 e. The largest absolute Gasteiger partial charge is 0.492 e. The van der Waals surface area contributed by atoms with Gasteiger partial charge in [0.05, 0.1) is 17.2 Å². The molecule has 0 spiro atoms. The molecule has 1 N–H and O–H groups in total. The Morgan fingerprint density at radius 3 is 2.25 bits per heavy atom. The summed E-state index contributed by atoms with van der Waals surface area (Å²) < 4.78 is 35.2. The third kappa shape index (κ3) is 8.33. The van der Waals surface area contributed by atoms with Crippen LogP contribution in [0.15, 0.2) is 77.7 Å². The minimum Gasteiger partial charge on any atom is -0.492 e. The van der Waals surface area contributed by atoms with E-state index in [1.807, 2.05) is 38.1 Å². The molecule has 0 aliphatic heterocycles. The highest BCUT2D eigenvalue weighted by Crippen LogP contribution is 2.33. The van der Waals surface area contributed by atoms with Crippen LogP contribution < -0.4 is 14.4 Å². The summed E-state index contributed by atoms with van der Waals surface area (Å²) >= 11 is 6.06. The fourth-order valence-electron chi connectivity index (χ4n) is 5.54. The highest BCUT2D eigenvalue weighted by atomic mass is 35.5. The van der Waals surface area contributed by atoms with Crippen molar-refractivity contribution in [1.29, 1.82) is 0 Å². The number of nitrogens with zero attached hydrogens (tertiary/aromatic N) is 2. The SMILES string of the molecule is CCOc1ccccc1N(CC(=O)N(Cc1ccc(C)cc1)[C@@H](CC)C(=O)NC1CCCCC1)S(=O)(=O)c1ccc(Cl)cc1. The van der Waals surface area contributed by atoms with Gasteiger partial charge in [0.1, 0.15) is 18.3 Å². The molecular formula is C34H42ClN3O5S. The summed E-state index contributed by atoms with van der Waals surface area (Å²) in [6, 6.07) is 19.6. The van der Waals surface area contributed by atoms with Crippen molar-refractivity contribution in [2.75, 3.05) is 17.5 Å². The monoisotopic (exact) mass is 639 g/mol. The molecule has 1 aliphatic rings. The van der Waals surface area contributed by atoms with Crippen molar-refractivity contribution in [3.63, 3.8) is 0 Å². The van der Waals surface area contributed by atoms with Crippen LogP contribution in [0, 0.1) is 6.92 Å². The normalized spacial score (nSPS) is 14.5. The van der Waals surface area contributed by atoms with Gasteiger partial charge in [-0.3, -0.25) is 13.9 Å². The summed E-state index contributed by atoms with van der Waals surface area (Å²) in [7, 11) is -4.25. The lowest BCUT2D eigenvalue weighted by molar-refractivity contribution is -0.140. The Morgan fingerprint density at radius 1 is 0.955 bits per heavy atom. The van der Waals surface area contributed by atoms with Crippen molar-refractivity contribution in [3.8, 4) is 5.75 Å². The lowest BCUT2D eigenvalue weighted by atomic mass is 9.95. The molecule has 0 radical (unpaired) electrons. The molecular weight excluding hydrogens is 598 g/mol. The van der Waals surface area contributed by atoms with Gasteiger partial charge in [-0.15, -0.1) is 0 Å². The average molecular weight is 640 g/mol. The lowest BCUT2D eigenvalue weighted by Gasteiger charge is -2.34. The van der Waals surface area contributed by atoms with E-state index >= 15 is 0 Å². The minimum atomic E-state index is -4.25. The second kappa shape index (κ2) is 15.4. The first-order valence-corrected chi connectivity index (χ1v) is 17.1. The van der Waals surface area contributed by atoms with Gasteiger partial charge in [0.25, 0.3) is 10.0 Å². The molecule has 2 amide bonds. The maximum absolute atomic E-state index is 14.4. The van der Waals surface area contributed by atoms with Gasteiger partial charge < -0.3 is 15.0 Å². The van der Waals surface area contributed by atoms with E-state index in [1.54, 1.807) is 31.2 Å². The van der Waals surface area contributed by atoms with Crippen LogP contribution in [0.5, 0.6) is 5.75 Å². The quantitative estimate of drug-likeness (QED) is 0.230. The van der Waals surface area contributed by atoms with Gasteiger partial charge in [-0.2, -0.15) is 0 Å². The van der Waals surface area contributed by atoms with Crippen molar-refractivity contribution < 1.29 is 22.7 Å². The number of para-hydroxylation sites is 2. The first-order valence-electron chi connectivity index (χ1n) is 15.3. The molecule has 3 aromatic carbocycles.